The van der Waals surface area contributed by atoms with Crippen molar-refractivity contribution in [2.45, 2.75) is 122 Å². The average molecular weight is 334 g/mol. The molecule has 0 aliphatic heterocycles. The number of rotatable bonds is 8. The molecule has 1 N–H and O–H groups in total. The minimum atomic E-state index is 0.853. The van der Waals surface area contributed by atoms with E-state index < -0.39 is 0 Å². The lowest BCUT2D eigenvalue weighted by Gasteiger charge is -2.38. The molecule has 0 aromatic heterocycles. The van der Waals surface area contributed by atoms with Gasteiger partial charge in [0.15, 0.2) is 0 Å². The van der Waals surface area contributed by atoms with E-state index >= 15 is 0 Å². The van der Waals surface area contributed by atoms with Crippen LogP contribution in [-0.4, -0.2) is 12.6 Å². The van der Waals surface area contributed by atoms with Crippen LogP contribution in [0.25, 0.3) is 0 Å². The lowest BCUT2D eigenvalue weighted by Crippen LogP contribution is -2.32. The fraction of sp³-hybridized carbons (Fsp3) is 1.00. The van der Waals surface area contributed by atoms with Gasteiger partial charge in [0, 0.05) is 6.04 Å². The largest absolute Gasteiger partial charge is 0.314 e. The molecule has 3 aliphatic rings. The quantitative estimate of drug-likeness (QED) is 0.479. The van der Waals surface area contributed by atoms with E-state index in [-0.39, 0.29) is 0 Å². The molecule has 0 aromatic carbocycles. The molecule has 0 aromatic rings. The van der Waals surface area contributed by atoms with E-state index in [1.54, 1.807) is 32.1 Å². The van der Waals surface area contributed by atoms with Gasteiger partial charge in [-0.05, 0) is 50.0 Å². The van der Waals surface area contributed by atoms with E-state index in [1.807, 2.05) is 0 Å². The molecule has 3 saturated carbocycles. The van der Waals surface area contributed by atoms with E-state index in [2.05, 4.69) is 5.32 Å². The second-order valence-corrected chi connectivity index (χ2v) is 9.24. The van der Waals surface area contributed by atoms with Crippen molar-refractivity contribution < 1.29 is 0 Å². The molecule has 0 bridgehead atoms. The molecule has 0 spiro atoms. The van der Waals surface area contributed by atoms with E-state index in [9.17, 15) is 0 Å². The number of hydrogen-bond donors (Lipinski definition) is 1. The Morgan fingerprint density at radius 3 is 1.62 bits per heavy atom. The molecule has 3 aliphatic carbocycles. The van der Waals surface area contributed by atoms with Crippen molar-refractivity contribution in [3.63, 3.8) is 0 Å². The van der Waals surface area contributed by atoms with Crippen LogP contribution >= 0.6 is 0 Å². The molecular formula is C23H43N. The van der Waals surface area contributed by atoms with Crippen molar-refractivity contribution in [3.05, 3.63) is 0 Å². The summed E-state index contributed by atoms with van der Waals surface area (Å²) < 4.78 is 0. The molecule has 24 heavy (non-hydrogen) atoms. The number of unbranched alkanes of at least 4 members (excludes halogenated alkanes) is 1. The summed E-state index contributed by atoms with van der Waals surface area (Å²) in [5.74, 6) is 3.27. The summed E-state index contributed by atoms with van der Waals surface area (Å²) in [6, 6.07) is 0.853. The summed E-state index contributed by atoms with van der Waals surface area (Å²) in [5, 5.41) is 3.85. The molecule has 1 nitrogen and oxygen atoms in total. The summed E-state index contributed by atoms with van der Waals surface area (Å²) in [4.78, 5) is 0. The van der Waals surface area contributed by atoms with Crippen molar-refractivity contribution >= 4 is 0 Å². The first kappa shape index (κ1) is 18.7. The van der Waals surface area contributed by atoms with Gasteiger partial charge in [-0.3, -0.25) is 0 Å². The van der Waals surface area contributed by atoms with Crippen LogP contribution < -0.4 is 5.32 Å². The van der Waals surface area contributed by atoms with Gasteiger partial charge in [-0.1, -0.05) is 89.9 Å². The van der Waals surface area contributed by atoms with Crippen LogP contribution in [0.5, 0.6) is 0 Å². The van der Waals surface area contributed by atoms with Crippen LogP contribution in [-0.2, 0) is 0 Å². The summed E-state index contributed by atoms with van der Waals surface area (Å²) in [6.07, 6.45) is 27.1. The lowest BCUT2D eigenvalue weighted by molar-refractivity contribution is 0.132. The van der Waals surface area contributed by atoms with E-state index in [1.165, 1.54) is 90.0 Å². The topological polar surface area (TPSA) is 12.0 Å². The SMILES string of the molecule is C1CCC(NCCCCC(C2CCCCC2)C2CCCCC2)CC1. The van der Waals surface area contributed by atoms with E-state index in [0.717, 1.165) is 23.8 Å². The molecule has 3 rings (SSSR count). The smallest absolute Gasteiger partial charge is 0.00670 e. The maximum Gasteiger partial charge on any atom is 0.00670 e. The second kappa shape index (κ2) is 10.8. The van der Waals surface area contributed by atoms with Crippen LogP contribution in [0.3, 0.4) is 0 Å². The van der Waals surface area contributed by atoms with Gasteiger partial charge in [-0.2, -0.15) is 0 Å². The zero-order chi connectivity index (χ0) is 16.5. The molecule has 0 radical (unpaired) electrons. The molecular weight excluding hydrogens is 290 g/mol. The number of hydrogen-bond acceptors (Lipinski definition) is 1. The highest BCUT2D eigenvalue weighted by Crippen LogP contribution is 2.42. The molecule has 140 valence electrons. The third-order valence-corrected chi connectivity index (χ3v) is 7.51. The van der Waals surface area contributed by atoms with Crippen LogP contribution in [0, 0.1) is 17.8 Å². The Kier molecular flexibility index (Phi) is 8.47. The first-order valence-corrected chi connectivity index (χ1v) is 11.7. The monoisotopic (exact) mass is 333 g/mol. The molecule has 0 unspecified atom stereocenters. The fourth-order valence-electron chi connectivity index (χ4n) is 6.10. The Balaban J connectivity index is 1.37. The Hall–Kier alpha value is -0.0400. The minimum Gasteiger partial charge on any atom is -0.314 e. The Bertz CT molecular complexity index is 290. The first-order chi connectivity index (χ1) is 11.9. The molecule has 0 atom stereocenters. The molecule has 3 fully saturated rings. The Labute approximate surface area is 151 Å². The van der Waals surface area contributed by atoms with Crippen molar-refractivity contribution in [1.82, 2.24) is 5.32 Å². The van der Waals surface area contributed by atoms with Crippen molar-refractivity contribution in [2.24, 2.45) is 17.8 Å². The maximum absolute atomic E-state index is 3.85. The third-order valence-electron chi connectivity index (χ3n) is 7.51. The molecule has 0 heterocycles. The summed E-state index contributed by atoms with van der Waals surface area (Å²) >= 11 is 0. The third kappa shape index (κ3) is 6.04. The normalized spacial score (nSPS) is 25.4. The predicted octanol–water partition coefficient (Wildman–Crippen LogP) is 6.86. The van der Waals surface area contributed by atoms with Gasteiger partial charge in [0.25, 0.3) is 0 Å². The van der Waals surface area contributed by atoms with Crippen LogP contribution in [0.1, 0.15) is 116 Å². The van der Waals surface area contributed by atoms with Crippen molar-refractivity contribution in [1.29, 1.82) is 0 Å². The van der Waals surface area contributed by atoms with Gasteiger partial charge in [0.1, 0.15) is 0 Å². The predicted molar refractivity (Wildman–Crippen MR) is 105 cm³/mol. The van der Waals surface area contributed by atoms with Gasteiger partial charge in [-0.25, -0.2) is 0 Å². The van der Waals surface area contributed by atoms with Crippen molar-refractivity contribution in [2.75, 3.05) is 6.54 Å². The second-order valence-electron chi connectivity index (χ2n) is 9.24. The minimum absolute atomic E-state index is 0.853. The van der Waals surface area contributed by atoms with Crippen LogP contribution in [0.2, 0.25) is 0 Å². The summed E-state index contributed by atoms with van der Waals surface area (Å²) in [7, 11) is 0. The van der Waals surface area contributed by atoms with Gasteiger partial charge < -0.3 is 5.32 Å². The summed E-state index contributed by atoms with van der Waals surface area (Å²) in [5.41, 5.74) is 0. The maximum atomic E-state index is 3.85. The summed E-state index contributed by atoms with van der Waals surface area (Å²) in [6.45, 7) is 1.28. The Morgan fingerprint density at radius 1 is 0.583 bits per heavy atom. The lowest BCUT2D eigenvalue weighted by atomic mass is 9.68. The van der Waals surface area contributed by atoms with Crippen LogP contribution in [0.4, 0.5) is 0 Å². The van der Waals surface area contributed by atoms with E-state index in [4.69, 9.17) is 0 Å². The van der Waals surface area contributed by atoms with Gasteiger partial charge >= 0.3 is 0 Å². The zero-order valence-electron chi connectivity index (χ0n) is 16.2. The standard InChI is InChI=1S/C23H43N/c1-4-12-20(13-5-1)23(21-14-6-2-7-15-21)18-10-11-19-24-22-16-8-3-9-17-22/h20-24H,1-19H2. The highest BCUT2D eigenvalue weighted by molar-refractivity contribution is 4.82. The van der Waals surface area contributed by atoms with E-state index in [0.29, 0.717) is 0 Å². The van der Waals surface area contributed by atoms with Crippen molar-refractivity contribution in [3.8, 4) is 0 Å². The zero-order valence-corrected chi connectivity index (χ0v) is 16.2. The molecule has 1 heteroatoms. The van der Waals surface area contributed by atoms with Gasteiger partial charge in [-0.15, -0.1) is 0 Å². The highest BCUT2D eigenvalue weighted by atomic mass is 14.9. The van der Waals surface area contributed by atoms with Gasteiger partial charge in [0.2, 0.25) is 0 Å². The fourth-order valence-corrected chi connectivity index (χ4v) is 6.10. The van der Waals surface area contributed by atoms with Gasteiger partial charge in [0.05, 0.1) is 0 Å². The molecule has 0 amide bonds. The Morgan fingerprint density at radius 2 is 1.08 bits per heavy atom. The molecule has 0 saturated heterocycles. The first-order valence-electron chi connectivity index (χ1n) is 11.7. The average Bonchev–Trinajstić information content (AvgIpc) is 2.67. The highest BCUT2D eigenvalue weighted by Gasteiger charge is 2.30. The number of nitrogens with one attached hydrogen (secondary N) is 1. The van der Waals surface area contributed by atoms with Crippen LogP contribution in [0.15, 0.2) is 0 Å².